The van der Waals surface area contributed by atoms with E-state index in [0.29, 0.717) is 0 Å². The molecule has 4 nitrogen and oxygen atoms in total. The average Bonchev–Trinajstić information content (AvgIpc) is 3.69. The number of hydrogen-bond acceptors (Lipinski definition) is 2. The Kier molecular flexibility index (Phi) is 4.15. The normalized spacial score (nSPS) is 12.3. The summed E-state index contributed by atoms with van der Waals surface area (Å²) in [4.78, 5) is 0. The van der Waals surface area contributed by atoms with Crippen molar-refractivity contribution in [1.82, 2.24) is 19.2 Å². The van der Waals surface area contributed by atoms with Gasteiger partial charge >= 0.3 is 0 Å². The van der Waals surface area contributed by atoms with E-state index in [9.17, 15) is 0 Å². The van der Waals surface area contributed by atoms with Crippen LogP contribution in [0.1, 0.15) is 0 Å². The summed E-state index contributed by atoms with van der Waals surface area (Å²) in [6.07, 6.45) is 3.70. The highest BCUT2D eigenvalue weighted by Crippen LogP contribution is 2.43. The van der Waals surface area contributed by atoms with Crippen LogP contribution in [-0.2, 0) is 0 Å². The molecule has 0 bridgehead atoms. The van der Waals surface area contributed by atoms with Gasteiger partial charge in [-0.15, -0.1) is 0 Å². The molecular weight excluding hydrogens is 512 g/mol. The van der Waals surface area contributed by atoms with Crippen LogP contribution in [0.25, 0.3) is 87.5 Å². The van der Waals surface area contributed by atoms with Crippen LogP contribution in [-0.4, -0.2) is 19.2 Å². The van der Waals surface area contributed by atoms with Gasteiger partial charge in [-0.05, 0) is 59.7 Å². The number of rotatable bonds is 2. The molecule has 0 saturated carbocycles. The predicted octanol–water partition coefficient (Wildman–Crippen LogP) is 9.54. The van der Waals surface area contributed by atoms with Gasteiger partial charge in [0.2, 0.25) is 0 Å². The Morgan fingerprint density at radius 3 is 1.74 bits per heavy atom. The van der Waals surface area contributed by atoms with Gasteiger partial charge in [-0.1, -0.05) is 72.8 Å². The molecule has 0 aliphatic rings. The highest BCUT2D eigenvalue weighted by molar-refractivity contribution is 6.24. The monoisotopic (exact) mass is 534 g/mol. The second kappa shape index (κ2) is 7.93. The summed E-state index contributed by atoms with van der Waals surface area (Å²) in [5.74, 6) is 0. The molecule has 0 atom stereocenters. The first-order chi connectivity index (χ1) is 20.8. The number of nitrogens with zero attached hydrogens (tertiary/aromatic N) is 4. The lowest BCUT2D eigenvalue weighted by Gasteiger charge is -2.11. The lowest BCUT2D eigenvalue weighted by Crippen LogP contribution is -1.96. The Balaban J connectivity index is 1.29. The lowest BCUT2D eigenvalue weighted by atomic mass is 9.98. The van der Waals surface area contributed by atoms with Crippen LogP contribution >= 0.6 is 0 Å². The molecule has 0 aliphatic heterocycles. The quantitative estimate of drug-likeness (QED) is 0.221. The molecule has 0 radical (unpaired) electrons. The van der Waals surface area contributed by atoms with Crippen LogP contribution in [0.3, 0.4) is 0 Å². The minimum absolute atomic E-state index is 1.08. The van der Waals surface area contributed by atoms with E-state index in [1.165, 1.54) is 71.0 Å². The topological polar surface area (TPSA) is 35.1 Å². The lowest BCUT2D eigenvalue weighted by molar-refractivity contribution is 1.05. The first-order valence-electron chi connectivity index (χ1n) is 14.3. The number of benzene rings is 6. The SMILES string of the molecule is c1cc(-n2c3ccccc3c3cc(-c4cc5c6ccccc6n6c7ccccc7c(c4)c56)ccc32)c2cnncc2c1. The second-order valence-corrected chi connectivity index (χ2v) is 11.1. The van der Waals surface area contributed by atoms with Gasteiger partial charge in [-0.2, -0.15) is 10.2 Å². The molecule has 194 valence electrons. The standard InChI is InChI=1S/C38H22N4/c1-4-12-33-26(9-1)29-18-23(16-17-37(29)41(33)36-15-7-8-24-21-39-40-22-32(24)36)25-19-30-27-10-2-5-13-34(27)42-35-14-6-3-11-28(35)31(20-25)38(30)42/h1-22H. The highest BCUT2D eigenvalue weighted by atomic mass is 15.1. The van der Waals surface area contributed by atoms with E-state index in [2.05, 4.69) is 140 Å². The molecule has 6 aromatic carbocycles. The third-order valence-electron chi connectivity index (χ3n) is 9.02. The van der Waals surface area contributed by atoms with Crippen LogP contribution < -0.4 is 0 Å². The van der Waals surface area contributed by atoms with Crippen molar-refractivity contribution in [2.45, 2.75) is 0 Å². The molecule has 0 spiro atoms. The van der Waals surface area contributed by atoms with Crippen LogP contribution in [0.15, 0.2) is 134 Å². The zero-order valence-corrected chi connectivity index (χ0v) is 22.5. The zero-order valence-electron chi connectivity index (χ0n) is 22.5. The van der Waals surface area contributed by atoms with Gasteiger partial charge in [-0.25, -0.2) is 0 Å². The molecule has 42 heavy (non-hydrogen) atoms. The summed E-state index contributed by atoms with van der Waals surface area (Å²) >= 11 is 0. The molecule has 4 heterocycles. The van der Waals surface area contributed by atoms with Gasteiger partial charge in [0.25, 0.3) is 0 Å². The van der Waals surface area contributed by atoms with E-state index >= 15 is 0 Å². The predicted molar refractivity (Wildman–Crippen MR) is 174 cm³/mol. The second-order valence-electron chi connectivity index (χ2n) is 11.1. The van der Waals surface area contributed by atoms with Crippen LogP contribution in [0, 0.1) is 0 Å². The maximum Gasteiger partial charge on any atom is 0.0620 e. The van der Waals surface area contributed by atoms with Crippen molar-refractivity contribution < 1.29 is 0 Å². The van der Waals surface area contributed by atoms with Crippen molar-refractivity contribution in [3.05, 3.63) is 134 Å². The maximum absolute atomic E-state index is 4.21. The fourth-order valence-electron chi connectivity index (χ4n) is 7.23. The summed E-state index contributed by atoms with van der Waals surface area (Å²) in [5, 5.41) is 18.1. The van der Waals surface area contributed by atoms with E-state index in [-0.39, 0.29) is 0 Å². The molecule has 4 heteroatoms. The van der Waals surface area contributed by atoms with Crippen LogP contribution in [0.4, 0.5) is 0 Å². The number of fused-ring (bicyclic) bond motifs is 10. The first-order valence-corrected chi connectivity index (χ1v) is 14.3. The van der Waals surface area contributed by atoms with Gasteiger partial charge in [0.05, 0.1) is 45.7 Å². The maximum atomic E-state index is 4.21. The van der Waals surface area contributed by atoms with Crippen LogP contribution in [0.2, 0.25) is 0 Å². The van der Waals surface area contributed by atoms with E-state index in [1.54, 1.807) is 0 Å². The van der Waals surface area contributed by atoms with Gasteiger partial charge < -0.3 is 8.97 Å². The molecule has 0 saturated heterocycles. The summed E-state index contributed by atoms with van der Waals surface area (Å²) < 4.78 is 4.80. The number of para-hydroxylation sites is 3. The smallest absolute Gasteiger partial charge is 0.0620 e. The Labute approximate surface area is 240 Å². The minimum atomic E-state index is 1.08. The summed E-state index contributed by atoms with van der Waals surface area (Å²) in [6.45, 7) is 0. The van der Waals surface area contributed by atoms with E-state index in [4.69, 9.17) is 0 Å². The molecule has 0 unspecified atom stereocenters. The van der Waals surface area contributed by atoms with Crippen molar-refractivity contribution in [1.29, 1.82) is 0 Å². The van der Waals surface area contributed by atoms with Gasteiger partial charge in [0, 0.05) is 43.1 Å². The van der Waals surface area contributed by atoms with Gasteiger partial charge in [0.1, 0.15) is 0 Å². The molecule has 0 N–H and O–H groups in total. The van der Waals surface area contributed by atoms with Crippen molar-refractivity contribution in [3.8, 4) is 16.8 Å². The largest absolute Gasteiger partial charge is 0.309 e. The van der Waals surface area contributed by atoms with Crippen molar-refractivity contribution >= 4 is 70.7 Å². The summed E-state index contributed by atoms with van der Waals surface area (Å²) in [5.41, 5.74) is 9.74. The van der Waals surface area contributed by atoms with Crippen molar-refractivity contribution in [2.24, 2.45) is 0 Å². The Bertz CT molecular complexity index is 2600. The minimum Gasteiger partial charge on any atom is -0.309 e. The van der Waals surface area contributed by atoms with Gasteiger partial charge in [-0.3, -0.25) is 0 Å². The van der Waals surface area contributed by atoms with E-state index in [1.807, 2.05) is 12.4 Å². The van der Waals surface area contributed by atoms with E-state index < -0.39 is 0 Å². The van der Waals surface area contributed by atoms with Crippen molar-refractivity contribution in [2.75, 3.05) is 0 Å². The third kappa shape index (κ3) is 2.76. The molecule has 0 fully saturated rings. The average molecular weight is 535 g/mol. The first kappa shape index (κ1) is 22.0. The number of hydrogen-bond donors (Lipinski definition) is 0. The highest BCUT2D eigenvalue weighted by Gasteiger charge is 2.19. The van der Waals surface area contributed by atoms with Crippen LogP contribution in [0.5, 0.6) is 0 Å². The molecule has 0 amide bonds. The zero-order chi connectivity index (χ0) is 27.4. The molecule has 4 aromatic heterocycles. The Morgan fingerprint density at radius 1 is 0.405 bits per heavy atom. The molecule has 10 rings (SSSR count). The molecular formula is C38H22N4. The number of aromatic nitrogens is 4. The molecule has 10 aromatic rings. The fourth-order valence-corrected chi connectivity index (χ4v) is 7.23. The molecule has 0 aliphatic carbocycles. The van der Waals surface area contributed by atoms with Gasteiger partial charge in [0.15, 0.2) is 0 Å². The summed E-state index contributed by atoms with van der Waals surface area (Å²) in [7, 11) is 0. The Morgan fingerprint density at radius 2 is 1.00 bits per heavy atom. The van der Waals surface area contributed by atoms with E-state index in [0.717, 1.165) is 16.5 Å². The summed E-state index contributed by atoms with van der Waals surface area (Å²) in [6, 6.07) is 44.3. The fraction of sp³-hybridized carbons (Fsp3) is 0. The Hall–Kier alpha value is -5.74. The third-order valence-corrected chi connectivity index (χ3v) is 9.02. The van der Waals surface area contributed by atoms with Crippen molar-refractivity contribution in [3.63, 3.8) is 0 Å².